The van der Waals surface area contributed by atoms with Crippen LogP contribution in [0.2, 0.25) is 0 Å². The van der Waals surface area contributed by atoms with Gasteiger partial charge in [0.2, 0.25) is 10.4 Å². The summed E-state index contributed by atoms with van der Waals surface area (Å²) in [5.41, 5.74) is 0. The van der Waals surface area contributed by atoms with E-state index in [1.807, 2.05) is 0 Å². The van der Waals surface area contributed by atoms with Crippen LogP contribution < -0.4 is 29.6 Å². The summed E-state index contributed by atoms with van der Waals surface area (Å²) >= 11 is 0. The molecular formula is C10H21NaO6S. The molecule has 0 aromatic carbocycles. The molecule has 0 fully saturated rings. The van der Waals surface area contributed by atoms with Gasteiger partial charge in [0, 0.05) is 6.42 Å². The molecular weight excluding hydrogens is 271 g/mol. The monoisotopic (exact) mass is 292 g/mol. The largest absolute Gasteiger partial charge is 1.00 e. The second-order valence-corrected chi connectivity index (χ2v) is 4.55. The Hall–Kier alpha value is 0.340. The summed E-state index contributed by atoms with van der Waals surface area (Å²) in [6, 6.07) is 0. The summed E-state index contributed by atoms with van der Waals surface area (Å²) in [6.07, 6.45) is 8.64. The van der Waals surface area contributed by atoms with Gasteiger partial charge in [0.05, 0.1) is 0 Å². The van der Waals surface area contributed by atoms with Crippen molar-refractivity contribution in [1.29, 1.82) is 0 Å². The molecule has 0 aromatic heterocycles. The third kappa shape index (κ3) is 44.1. The zero-order valence-corrected chi connectivity index (χ0v) is 13.9. The van der Waals surface area contributed by atoms with Crippen molar-refractivity contribution in [2.45, 2.75) is 58.3 Å². The quantitative estimate of drug-likeness (QED) is 0.262. The number of carbonyl (C=O) groups is 1. The van der Waals surface area contributed by atoms with E-state index < -0.39 is 16.4 Å². The second-order valence-electron chi connectivity index (χ2n) is 3.69. The van der Waals surface area contributed by atoms with Gasteiger partial charge in [-0.15, -0.1) is 0 Å². The predicted octanol–water partition coefficient (Wildman–Crippen LogP) is -0.780. The van der Waals surface area contributed by atoms with Gasteiger partial charge in [-0.05, 0) is 6.42 Å². The summed E-state index contributed by atoms with van der Waals surface area (Å²) in [7, 11) is -4.92. The smallest absolute Gasteiger partial charge is 0.726 e. The van der Waals surface area contributed by atoms with Crippen LogP contribution in [0, 0.1) is 0 Å². The number of unbranched alkanes of at least 4 members (excludes halogenated alkanes) is 6. The van der Waals surface area contributed by atoms with E-state index in [1.54, 1.807) is 0 Å². The molecule has 0 radical (unpaired) electrons. The first kappa shape index (κ1) is 23.4. The SMILES string of the molecule is CCCCCCCCCC(=O)O.O=S(=O)([O-])O.[Na+]. The van der Waals surface area contributed by atoms with Crippen LogP contribution in [0.15, 0.2) is 0 Å². The topological polar surface area (TPSA) is 115 Å². The van der Waals surface area contributed by atoms with E-state index in [0.29, 0.717) is 6.42 Å². The van der Waals surface area contributed by atoms with Crippen LogP contribution in [0.1, 0.15) is 58.3 Å². The van der Waals surface area contributed by atoms with Gasteiger partial charge in [-0.3, -0.25) is 9.35 Å². The minimum absolute atomic E-state index is 0. The van der Waals surface area contributed by atoms with Gasteiger partial charge in [-0.1, -0.05) is 45.4 Å². The number of aliphatic carboxylic acids is 1. The third-order valence-corrected chi connectivity index (χ3v) is 1.99. The fraction of sp³-hybridized carbons (Fsp3) is 0.900. The van der Waals surface area contributed by atoms with Crippen molar-refractivity contribution >= 4 is 16.4 Å². The Morgan fingerprint density at radius 3 is 1.72 bits per heavy atom. The third-order valence-electron chi connectivity index (χ3n) is 1.99. The van der Waals surface area contributed by atoms with Crippen molar-refractivity contribution in [3.05, 3.63) is 0 Å². The van der Waals surface area contributed by atoms with E-state index in [9.17, 15) is 4.79 Å². The van der Waals surface area contributed by atoms with Gasteiger partial charge in [-0.25, -0.2) is 8.42 Å². The Morgan fingerprint density at radius 1 is 1.06 bits per heavy atom. The molecule has 2 N–H and O–H groups in total. The molecule has 0 rings (SSSR count). The van der Waals surface area contributed by atoms with Crippen LogP contribution in [-0.2, 0) is 15.2 Å². The van der Waals surface area contributed by atoms with Gasteiger partial charge in [0.15, 0.2) is 0 Å². The average Bonchev–Trinajstić information content (AvgIpc) is 2.13. The summed E-state index contributed by atoms with van der Waals surface area (Å²) < 4.78 is 32.8. The first-order valence-corrected chi connectivity index (χ1v) is 7.04. The van der Waals surface area contributed by atoms with Gasteiger partial charge >= 0.3 is 35.5 Å². The van der Waals surface area contributed by atoms with Crippen molar-refractivity contribution in [1.82, 2.24) is 0 Å². The second kappa shape index (κ2) is 15.4. The van der Waals surface area contributed by atoms with E-state index in [-0.39, 0.29) is 29.6 Å². The van der Waals surface area contributed by atoms with Gasteiger partial charge < -0.3 is 9.66 Å². The van der Waals surface area contributed by atoms with Crippen LogP contribution in [0.4, 0.5) is 0 Å². The molecule has 0 saturated heterocycles. The van der Waals surface area contributed by atoms with E-state index >= 15 is 0 Å². The predicted molar refractivity (Wildman–Crippen MR) is 62.6 cm³/mol. The Kier molecular flexibility index (Phi) is 20.0. The molecule has 0 amide bonds. The van der Waals surface area contributed by atoms with Crippen LogP contribution in [0.25, 0.3) is 0 Å². The first-order chi connectivity index (χ1) is 7.77. The van der Waals surface area contributed by atoms with Gasteiger partial charge in [0.1, 0.15) is 0 Å². The molecule has 0 heterocycles. The number of hydrogen-bond acceptors (Lipinski definition) is 4. The zero-order chi connectivity index (χ0) is 13.7. The van der Waals surface area contributed by atoms with E-state index in [4.69, 9.17) is 22.6 Å². The van der Waals surface area contributed by atoms with Crippen LogP contribution in [0.3, 0.4) is 0 Å². The maximum atomic E-state index is 10.1. The Bertz CT molecular complexity index is 270. The van der Waals surface area contributed by atoms with Crippen LogP contribution in [0.5, 0.6) is 0 Å². The molecule has 0 aliphatic carbocycles. The number of hydrogen-bond donors (Lipinski definition) is 2. The summed E-state index contributed by atoms with van der Waals surface area (Å²) in [4.78, 5) is 10.1. The summed E-state index contributed by atoms with van der Waals surface area (Å²) in [6.45, 7) is 2.20. The standard InChI is InChI=1S/C10H20O2.Na.H2O4S/c1-2-3-4-5-6-7-8-9-10(11)12;;1-5(2,3)4/h2-9H2,1H3,(H,11,12);;(H2,1,2,3,4)/q;+1;/p-1. The Morgan fingerprint density at radius 2 is 1.39 bits per heavy atom. The van der Waals surface area contributed by atoms with Crippen molar-refractivity contribution in [2.75, 3.05) is 0 Å². The minimum Gasteiger partial charge on any atom is -0.726 e. The van der Waals surface area contributed by atoms with E-state index in [1.165, 1.54) is 32.1 Å². The van der Waals surface area contributed by atoms with Crippen molar-refractivity contribution < 1.29 is 57.0 Å². The maximum absolute atomic E-state index is 10.1. The van der Waals surface area contributed by atoms with Crippen molar-refractivity contribution in [2.24, 2.45) is 0 Å². The zero-order valence-electron chi connectivity index (χ0n) is 11.1. The number of carboxylic acid groups (broad SMARTS) is 1. The Balaban J connectivity index is -0.000000321. The van der Waals surface area contributed by atoms with Gasteiger partial charge in [0.25, 0.3) is 0 Å². The molecule has 0 aromatic rings. The van der Waals surface area contributed by atoms with Crippen molar-refractivity contribution in [3.8, 4) is 0 Å². The molecule has 0 aliphatic heterocycles. The molecule has 8 heteroatoms. The van der Waals surface area contributed by atoms with Crippen molar-refractivity contribution in [3.63, 3.8) is 0 Å². The van der Waals surface area contributed by atoms with E-state index in [0.717, 1.165) is 12.8 Å². The molecule has 6 nitrogen and oxygen atoms in total. The molecule has 0 aliphatic rings. The first-order valence-electron chi connectivity index (χ1n) is 5.67. The van der Waals surface area contributed by atoms with E-state index in [2.05, 4.69) is 6.92 Å². The molecule has 0 atom stereocenters. The Labute approximate surface area is 131 Å². The fourth-order valence-corrected chi connectivity index (χ4v) is 1.23. The average molecular weight is 292 g/mol. The molecule has 0 saturated carbocycles. The summed E-state index contributed by atoms with van der Waals surface area (Å²) in [5, 5.41) is 8.35. The van der Waals surface area contributed by atoms with Crippen LogP contribution in [-0.4, -0.2) is 28.6 Å². The summed E-state index contributed by atoms with van der Waals surface area (Å²) in [5.74, 6) is -0.663. The minimum atomic E-state index is -4.92. The van der Waals surface area contributed by atoms with Gasteiger partial charge in [-0.2, -0.15) is 0 Å². The molecule has 0 spiro atoms. The van der Waals surface area contributed by atoms with Crippen LogP contribution >= 0.6 is 0 Å². The molecule has 0 bridgehead atoms. The molecule has 0 unspecified atom stereocenters. The normalized spacial score (nSPS) is 9.94. The number of carboxylic acids is 1. The molecule has 18 heavy (non-hydrogen) atoms. The maximum Gasteiger partial charge on any atom is 1.00 e. The fourth-order valence-electron chi connectivity index (χ4n) is 1.23. The number of rotatable bonds is 8. The molecule has 104 valence electrons.